The van der Waals surface area contributed by atoms with Gasteiger partial charge in [0, 0.05) is 19.0 Å². The number of thiazole rings is 1. The summed E-state index contributed by atoms with van der Waals surface area (Å²) in [4.78, 5) is 31.1. The predicted molar refractivity (Wildman–Crippen MR) is 101 cm³/mol. The van der Waals surface area contributed by atoms with E-state index in [1.165, 1.54) is 4.70 Å². The van der Waals surface area contributed by atoms with Crippen LogP contribution in [0.25, 0.3) is 10.2 Å². The lowest BCUT2D eigenvalue weighted by Crippen LogP contribution is -2.41. The molecule has 6 heteroatoms. The molecule has 2 heterocycles. The molecule has 138 valence electrons. The van der Waals surface area contributed by atoms with Crippen LogP contribution in [0.4, 0.5) is 0 Å². The lowest BCUT2D eigenvalue weighted by molar-refractivity contribution is -0.155. The molecule has 2 aliphatic rings. The Morgan fingerprint density at radius 2 is 1.96 bits per heavy atom. The molecule has 1 aliphatic heterocycles. The fourth-order valence-electron chi connectivity index (χ4n) is 3.97. The van der Waals surface area contributed by atoms with Gasteiger partial charge in [-0.15, -0.1) is 11.3 Å². The topological polar surface area (TPSA) is 59.5 Å². The first-order chi connectivity index (χ1) is 12.7. The number of hydrogen-bond acceptors (Lipinski definition) is 5. The maximum Gasteiger partial charge on any atom is 0.309 e. The maximum absolute atomic E-state index is 12.5. The van der Waals surface area contributed by atoms with Crippen LogP contribution in [-0.4, -0.2) is 41.5 Å². The zero-order valence-corrected chi connectivity index (χ0v) is 15.7. The molecular weight excluding hydrogens is 348 g/mol. The number of likely N-dealkylation sites (tertiary alicyclic amines) is 1. The van der Waals surface area contributed by atoms with E-state index in [2.05, 4.69) is 6.07 Å². The summed E-state index contributed by atoms with van der Waals surface area (Å²) in [6.45, 7) is 1.28. The number of carbonyl (C=O) groups is 2. The quantitative estimate of drug-likeness (QED) is 0.767. The Labute approximate surface area is 157 Å². The molecule has 2 fully saturated rings. The maximum atomic E-state index is 12.5. The van der Waals surface area contributed by atoms with E-state index in [0.717, 1.165) is 55.6 Å². The number of esters is 1. The van der Waals surface area contributed by atoms with Crippen LogP contribution in [0.3, 0.4) is 0 Å². The van der Waals surface area contributed by atoms with Gasteiger partial charge in [-0.25, -0.2) is 4.98 Å². The number of piperidine rings is 1. The summed E-state index contributed by atoms with van der Waals surface area (Å²) in [7, 11) is 0. The van der Waals surface area contributed by atoms with Gasteiger partial charge in [0.05, 0.1) is 21.1 Å². The number of nitrogens with zero attached hydrogens (tertiary/aromatic N) is 2. The number of rotatable bonds is 4. The summed E-state index contributed by atoms with van der Waals surface area (Å²) < 4.78 is 6.48. The second kappa shape index (κ2) is 7.74. The molecule has 1 aliphatic carbocycles. The number of para-hydroxylation sites is 1. The summed E-state index contributed by atoms with van der Waals surface area (Å²) in [6.07, 6.45) is 5.98. The normalized spacial score (nSPS) is 21.2. The minimum absolute atomic E-state index is 0.000322. The third-order valence-corrected chi connectivity index (χ3v) is 6.66. The highest BCUT2D eigenvalue weighted by molar-refractivity contribution is 7.18. The molecule has 1 aromatic heterocycles. The summed E-state index contributed by atoms with van der Waals surface area (Å²) in [5, 5.41) is 1.10. The predicted octanol–water partition coefficient (Wildman–Crippen LogP) is 3.74. The van der Waals surface area contributed by atoms with Crippen molar-refractivity contribution >= 4 is 33.4 Å². The summed E-state index contributed by atoms with van der Waals surface area (Å²) in [5.41, 5.74) is 1.03. The smallest absolute Gasteiger partial charge is 0.309 e. The van der Waals surface area contributed by atoms with Crippen molar-refractivity contribution in [2.75, 3.05) is 19.7 Å². The Balaban J connectivity index is 1.35. The largest absolute Gasteiger partial charge is 0.455 e. The van der Waals surface area contributed by atoms with E-state index >= 15 is 0 Å². The standard InChI is InChI=1S/C20H24N2O3S/c23-18(13-25-20(24)14-6-1-2-7-14)22-11-5-8-15(12-22)19-21-16-9-3-4-10-17(16)26-19/h3-4,9-10,14-15H,1-2,5-8,11-13H2/t15-/m0/s1. The number of hydrogen-bond donors (Lipinski definition) is 0. The second-order valence-corrected chi connectivity index (χ2v) is 8.35. The lowest BCUT2D eigenvalue weighted by atomic mass is 9.99. The summed E-state index contributed by atoms with van der Waals surface area (Å²) >= 11 is 1.72. The van der Waals surface area contributed by atoms with Gasteiger partial charge < -0.3 is 9.64 Å². The third kappa shape index (κ3) is 3.75. The van der Waals surface area contributed by atoms with Crippen LogP contribution in [0, 0.1) is 5.92 Å². The average Bonchev–Trinajstić information content (AvgIpc) is 3.35. The Morgan fingerprint density at radius 1 is 1.15 bits per heavy atom. The Bertz CT molecular complexity index is 764. The van der Waals surface area contributed by atoms with Gasteiger partial charge in [0.2, 0.25) is 0 Å². The van der Waals surface area contributed by atoms with Crippen molar-refractivity contribution in [2.45, 2.75) is 44.4 Å². The first-order valence-corrected chi connectivity index (χ1v) is 10.3. The van der Waals surface area contributed by atoms with E-state index in [4.69, 9.17) is 9.72 Å². The Hall–Kier alpha value is -1.95. The van der Waals surface area contributed by atoms with Crippen molar-refractivity contribution in [3.8, 4) is 0 Å². The van der Waals surface area contributed by atoms with Crippen molar-refractivity contribution in [1.82, 2.24) is 9.88 Å². The number of fused-ring (bicyclic) bond motifs is 1. The van der Waals surface area contributed by atoms with Crippen molar-refractivity contribution in [1.29, 1.82) is 0 Å². The fraction of sp³-hybridized carbons (Fsp3) is 0.550. The molecular formula is C20H24N2O3S. The molecule has 0 N–H and O–H groups in total. The van der Waals surface area contributed by atoms with E-state index in [9.17, 15) is 9.59 Å². The van der Waals surface area contributed by atoms with Gasteiger partial charge in [-0.3, -0.25) is 9.59 Å². The first kappa shape index (κ1) is 17.5. The van der Waals surface area contributed by atoms with Gasteiger partial charge in [-0.1, -0.05) is 25.0 Å². The van der Waals surface area contributed by atoms with Crippen LogP contribution >= 0.6 is 11.3 Å². The summed E-state index contributed by atoms with van der Waals surface area (Å²) in [5.74, 6) is -0.00646. The van der Waals surface area contributed by atoms with E-state index in [1.54, 1.807) is 11.3 Å². The van der Waals surface area contributed by atoms with Crippen LogP contribution < -0.4 is 0 Å². The number of ether oxygens (including phenoxy) is 1. The molecule has 1 aromatic carbocycles. The van der Waals surface area contributed by atoms with Crippen molar-refractivity contribution in [3.63, 3.8) is 0 Å². The highest BCUT2D eigenvalue weighted by atomic mass is 32.1. The van der Waals surface area contributed by atoms with Gasteiger partial charge in [-0.05, 0) is 37.8 Å². The Morgan fingerprint density at radius 3 is 2.77 bits per heavy atom. The van der Waals surface area contributed by atoms with Crippen molar-refractivity contribution in [2.24, 2.45) is 5.92 Å². The van der Waals surface area contributed by atoms with Crippen LogP contribution in [0.5, 0.6) is 0 Å². The molecule has 2 aromatic rings. The number of amides is 1. The van der Waals surface area contributed by atoms with Gasteiger partial charge >= 0.3 is 5.97 Å². The van der Waals surface area contributed by atoms with E-state index in [1.807, 2.05) is 23.1 Å². The molecule has 1 saturated heterocycles. The molecule has 1 amide bonds. The summed E-state index contributed by atoms with van der Waals surface area (Å²) in [6, 6.07) is 8.15. The Kier molecular flexibility index (Phi) is 5.20. The van der Waals surface area contributed by atoms with E-state index < -0.39 is 0 Å². The number of benzene rings is 1. The van der Waals surface area contributed by atoms with Crippen LogP contribution in [0.15, 0.2) is 24.3 Å². The highest BCUT2D eigenvalue weighted by Gasteiger charge is 2.29. The number of aromatic nitrogens is 1. The van der Waals surface area contributed by atoms with Gasteiger partial charge in [0.1, 0.15) is 0 Å². The molecule has 0 spiro atoms. The zero-order chi connectivity index (χ0) is 17.9. The molecule has 4 rings (SSSR count). The monoisotopic (exact) mass is 372 g/mol. The third-order valence-electron chi connectivity index (χ3n) is 5.46. The molecule has 5 nitrogen and oxygen atoms in total. The molecule has 0 unspecified atom stereocenters. The van der Waals surface area contributed by atoms with Crippen LogP contribution in [0.1, 0.15) is 49.5 Å². The van der Waals surface area contributed by atoms with Gasteiger partial charge in [0.25, 0.3) is 5.91 Å². The SMILES string of the molecule is O=C(OCC(=O)N1CCC[C@H](c2nc3ccccc3s2)C1)C1CCCC1. The molecule has 1 atom stereocenters. The molecule has 0 radical (unpaired) electrons. The first-order valence-electron chi connectivity index (χ1n) is 9.50. The second-order valence-electron chi connectivity index (χ2n) is 7.29. The van der Waals surface area contributed by atoms with Crippen LogP contribution in [0.2, 0.25) is 0 Å². The van der Waals surface area contributed by atoms with Gasteiger partial charge in [-0.2, -0.15) is 0 Å². The average molecular weight is 372 g/mol. The molecule has 0 bridgehead atoms. The van der Waals surface area contributed by atoms with E-state index in [-0.39, 0.29) is 30.3 Å². The highest BCUT2D eigenvalue weighted by Crippen LogP contribution is 2.33. The molecule has 26 heavy (non-hydrogen) atoms. The fourth-order valence-corrected chi connectivity index (χ4v) is 5.07. The number of carbonyl (C=O) groups excluding carboxylic acids is 2. The minimum Gasteiger partial charge on any atom is -0.455 e. The van der Waals surface area contributed by atoms with Crippen molar-refractivity contribution in [3.05, 3.63) is 29.3 Å². The molecule has 1 saturated carbocycles. The minimum atomic E-state index is -0.199. The van der Waals surface area contributed by atoms with E-state index in [0.29, 0.717) is 6.54 Å². The lowest BCUT2D eigenvalue weighted by Gasteiger charge is -2.31. The van der Waals surface area contributed by atoms with Crippen LogP contribution in [-0.2, 0) is 14.3 Å². The van der Waals surface area contributed by atoms with Crippen molar-refractivity contribution < 1.29 is 14.3 Å². The zero-order valence-electron chi connectivity index (χ0n) is 14.9. The van der Waals surface area contributed by atoms with Gasteiger partial charge in [0.15, 0.2) is 6.61 Å².